The molecule has 0 bridgehead atoms. The molecule has 1 saturated carbocycles. The van der Waals surface area contributed by atoms with E-state index in [1.54, 1.807) is 18.2 Å². The molecule has 2 rings (SSSR count). The summed E-state index contributed by atoms with van der Waals surface area (Å²) in [6.45, 7) is 2.25. The maximum atomic E-state index is 7.57. The van der Waals surface area contributed by atoms with Crippen LogP contribution in [0.1, 0.15) is 38.2 Å². The molecule has 0 saturated heterocycles. The van der Waals surface area contributed by atoms with Gasteiger partial charge < -0.3 is 10.5 Å². The van der Waals surface area contributed by atoms with Crippen LogP contribution in [-0.2, 0) is 0 Å². The predicted octanol–water partition coefficient (Wildman–Crippen LogP) is 3.58. The van der Waals surface area contributed by atoms with E-state index in [2.05, 4.69) is 6.92 Å². The van der Waals surface area contributed by atoms with Crippen LogP contribution >= 0.6 is 11.6 Å². The van der Waals surface area contributed by atoms with Gasteiger partial charge in [0.15, 0.2) is 0 Å². The molecule has 0 amide bonds. The van der Waals surface area contributed by atoms with Gasteiger partial charge in [-0.15, -0.1) is 0 Å². The molecule has 0 aromatic heterocycles. The Bertz CT molecular complexity index is 447. The van der Waals surface area contributed by atoms with E-state index in [1.807, 2.05) is 0 Å². The van der Waals surface area contributed by atoms with Gasteiger partial charge in [0, 0.05) is 5.02 Å². The standard InChI is InChI=1S/C14H19ClN2O/c1-9-3-2-4-11(7-9)18-13-6-5-10(15)8-12(13)14(16)17/h5-6,8-9,11H,2-4,7H2,1H3,(H3,16,17). The number of nitrogens with one attached hydrogen (secondary N) is 1. The molecule has 1 fully saturated rings. The molecule has 2 atom stereocenters. The quantitative estimate of drug-likeness (QED) is 0.649. The summed E-state index contributed by atoms with van der Waals surface area (Å²) in [5.74, 6) is 1.37. The average molecular weight is 267 g/mol. The number of ether oxygens (including phenoxy) is 1. The van der Waals surface area contributed by atoms with Crippen molar-refractivity contribution in [2.45, 2.75) is 38.7 Å². The minimum atomic E-state index is -0.00337. The van der Waals surface area contributed by atoms with Crippen LogP contribution in [-0.4, -0.2) is 11.9 Å². The monoisotopic (exact) mass is 266 g/mol. The molecular formula is C14H19ClN2O. The van der Waals surface area contributed by atoms with Crippen molar-refractivity contribution in [2.24, 2.45) is 11.7 Å². The number of benzene rings is 1. The number of hydrogen-bond donors (Lipinski definition) is 2. The lowest BCUT2D eigenvalue weighted by Crippen LogP contribution is -2.25. The molecule has 0 radical (unpaired) electrons. The van der Waals surface area contributed by atoms with Crippen molar-refractivity contribution in [1.82, 2.24) is 0 Å². The second kappa shape index (κ2) is 5.61. The Morgan fingerprint density at radius 1 is 1.44 bits per heavy atom. The molecule has 98 valence electrons. The molecule has 18 heavy (non-hydrogen) atoms. The summed E-state index contributed by atoms with van der Waals surface area (Å²) in [7, 11) is 0. The Morgan fingerprint density at radius 2 is 2.22 bits per heavy atom. The Labute approximate surface area is 113 Å². The maximum Gasteiger partial charge on any atom is 0.130 e. The molecule has 1 aromatic carbocycles. The van der Waals surface area contributed by atoms with Crippen LogP contribution in [0.25, 0.3) is 0 Å². The highest BCUT2D eigenvalue weighted by Crippen LogP contribution is 2.30. The molecule has 1 aliphatic carbocycles. The highest BCUT2D eigenvalue weighted by molar-refractivity contribution is 6.31. The van der Waals surface area contributed by atoms with Gasteiger partial charge in [-0.25, -0.2) is 0 Å². The maximum absolute atomic E-state index is 7.57. The summed E-state index contributed by atoms with van der Waals surface area (Å²) in [5.41, 5.74) is 6.14. The fourth-order valence-electron chi connectivity index (χ4n) is 2.48. The van der Waals surface area contributed by atoms with Crippen molar-refractivity contribution >= 4 is 17.4 Å². The van der Waals surface area contributed by atoms with Gasteiger partial charge in [-0.2, -0.15) is 0 Å². The van der Waals surface area contributed by atoms with Crippen LogP contribution in [0.3, 0.4) is 0 Å². The molecule has 3 nitrogen and oxygen atoms in total. The van der Waals surface area contributed by atoms with Crippen molar-refractivity contribution in [3.63, 3.8) is 0 Å². The van der Waals surface area contributed by atoms with Crippen LogP contribution in [0.15, 0.2) is 18.2 Å². The zero-order valence-corrected chi connectivity index (χ0v) is 11.3. The largest absolute Gasteiger partial charge is 0.490 e. The van der Waals surface area contributed by atoms with E-state index in [-0.39, 0.29) is 11.9 Å². The topological polar surface area (TPSA) is 59.1 Å². The molecule has 1 aliphatic rings. The lowest BCUT2D eigenvalue weighted by molar-refractivity contribution is 0.129. The Morgan fingerprint density at radius 3 is 2.89 bits per heavy atom. The molecule has 0 heterocycles. The van der Waals surface area contributed by atoms with Gasteiger partial charge in [0.25, 0.3) is 0 Å². The van der Waals surface area contributed by atoms with E-state index >= 15 is 0 Å². The number of halogens is 1. The fraction of sp³-hybridized carbons (Fsp3) is 0.500. The van der Waals surface area contributed by atoms with Gasteiger partial charge >= 0.3 is 0 Å². The van der Waals surface area contributed by atoms with Crippen molar-refractivity contribution < 1.29 is 4.74 Å². The lowest BCUT2D eigenvalue weighted by Gasteiger charge is -2.28. The minimum absolute atomic E-state index is 0.00337. The summed E-state index contributed by atoms with van der Waals surface area (Å²) in [4.78, 5) is 0. The zero-order chi connectivity index (χ0) is 13.1. The van der Waals surface area contributed by atoms with Crippen molar-refractivity contribution in [3.05, 3.63) is 28.8 Å². The Balaban J connectivity index is 2.15. The number of nitrogen functional groups attached to an aromatic ring is 1. The highest BCUT2D eigenvalue weighted by Gasteiger charge is 2.21. The van der Waals surface area contributed by atoms with Crippen LogP contribution in [0.4, 0.5) is 0 Å². The number of rotatable bonds is 3. The predicted molar refractivity (Wildman–Crippen MR) is 74.5 cm³/mol. The first kappa shape index (κ1) is 13.2. The highest BCUT2D eigenvalue weighted by atomic mass is 35.5. The van der Waals surface area contributed by atoms with E-state index in [9.17, 15) is 0 Å². The normalized spacial score (nSPS) is 23.7. The smallest absolute Gasteiger partial charge is 0.130 e. The van der Waals surface area contributed by atoms with Crippen LogP contribution < -0.4 is 10.5 Å². The third-order valence-electron chi connectivity index (χ3n) is 3.41. The first-order chi connectivity index (χ1) is 8.56. The first-order valence-electron chi connectivity index (χ1n) is 6.37. The molecule has 0 aliphatic heterocycles. The third kappa shape index (κ3) is 3.16. The molecule has 4 heteroatoms. The second-order valence-corrected chi connectivity index (χ2v) is 5.50. The van der Waals surface area contributed by atoms with Crippen molar-refractivity contribution in [2.75, 3.05) is 0 Å². The fourth-order valence-corrected chi connectivity index (χ4v) is 2.65. The molecule has 0 spiro atoms. The molecular weight excluding hydrogens is 248 g/mol. The number of hydrogen-bond acceptors (Lipinski definition) is 2. The van der Waals surface area contributed by atoms with Gasteiger partial charge in [0.2, 0.25) is 0 Å². The van der Waals surface area contributed by atoms with E-state index in [4.69, 9.17) is 27.5 Å². The van der Waals surface area contributed by atoms with Gasteiger partial charge in [-0.3, -0.25) is 5.41 Å². The lowest BCUT2D eigenvalue weighted by atomic mass is 9.88. The van der Waals surface area contributed by atoms with Gasteiger partial charge in [0.1, 0.15) is 11.6 Å². The Kier molecular flexibility index (Phi) is 4.12. The summed E-state index contributed by atoms with van der Waals surface area (Å²) < 4.78 is 5.99. The molecule has 1 aromatic rings. The Hall–Kier alpha value is -1.22. The van der Waals surface area contributed by atoms with Crippen LogP contribution in [0.5, 0.6) is 5.75 Å². The zero-order valence-electron chi connectivity index (χ0n) is 10.6. The van der Waals surface area contributed by atoms with Crippen molar-refractivity contribution in [3.8, 4) is 5.75 Å². The summed E-state index contributed by atoms with van der Waals surface area (Å²) in [6.07, 6.45) is 4.85. The molecule has 3 N–H and O–H groups in total. The summed E-state index contributed by atoms with van der Waals surface area (Å²) in [5, 5.41) is 8.14. The number of amidine groups is 1. The SMILES string of the molecule is CC1CCCC(Oc2ccc(Cl)cc2C(=N)N)C1. The minimum Gasteiger partial charge on any atom is -0.490 e. The van der Waals surface area contributed by atoms with Crippen LogP contribution in [0, 0.1) is 11.3 Å². The van der Waals surface area contributed by atoms with E-state index in [0.717, 1.165) is 12.8 Å². The van der Waals surface area contributed by atoms with Crippen molar-refractivity contribution in [1.29, 1.82) is 5.41 Å². The summed E-state index contributed by atoms with van der Waals surface area (Å²) in [6, 6.07) is 5.26. The van der Waals surface area contributed by atoms with E-state index in [0.29, 0.717) is 22.3 Å². The van der Waals surface area contributed by atoms with Gasteiger partial charge in [-0.05, 0) is 43.4 Å². The van der Waals surface area contributed by atoms with Gasteiger partial charge in [0.05, 0.1) is 11.7 Å². The van der Waals surface area contributed by atoms with E-state index < -0.39 is 0 Å². The number of nitrogens with two attached hydrogens (primary N) is 1. The van der Waals surface area contributed by atoms with E-state index in [1.165, 1.54) is 12.8 Å². The van der Waals surface area contributed by atoms with Crippen LogP contribution in [0.2, 0.25) is 5.02 Å². The third-order valence-corrected chi connectivity index (χ3v) is 3.65. The van der Waals surface area contributed by atoms with Gasteiger partial charge in [-0.1, -0.05) is 24.9 Å². The summed E-state index contributed by atoms with van der Waals surface area (Å²) >= 11 is 5.92. The first-order valence-corrected chi connectivity index (χ1v) is 6.74. The second-order valence-electron chi connectivity index (χ2n) is 5.07. The molecule has 2 unspecified atom stereocenters. The average Bonchev–Trinajstić information content (AvgIpc) is 2.31.